The molecular formula is C9H14BrI. The number of hydrogen-bond acceptors (Lipinski definition) is 0. The van der Waals surface area contributed by atoms with Crippen LogP contribution in [0.25, 0.3) is 0 Å². The van der Waals surface area contributed by atoms with Gasteiger partial charge in [-0.15, -0.1) is 11.8 Å². The smallest absolute Gasteiger partial charge is 0.0671 e. The Morgan fingerprint density at radius 1 is 1.36 bits per heavy atom. The maximum Gasteiger partial charge on any atom is 0.0671 e. The first kappa shape index (κ1) is 11.8. The second-order valence-electron chi connectivity index (χ2n) is 2.39. The van der Waals surface area contributed by atoms with Crippen molar-refractivity contribution in [1.82, 2.24) is 0 Å². The van der Waals surface area contributed by atoms with E-state index in [0.717, 1.165) is 19.3 Å². The minimum atomic E-state index is 0.584. The first-order valence-corrected chi connectivity index (χ1v) is 6.17. The second-order valence-corrected chi connectivity index (χ2v) is 6.71. The van der Waals surface area contributed by atoms with E-state index in [1.807, 2.05) is 0 Å². The van der Waals surface area contributed by atoms with Crippen LogP contribution in [-0.2, 0) is 0 Å². The second kappa shape index (κ2) is 8.86. The summed E-state index contributed by atoms with van der Waals surface area (Å²) in [5.41, 5.74) is 0. The van der Waals surface area contributed by atoms with E-state index in [4.69, 9.17) is 0 Å². The number of unbranched alkanes of at least 4 members (excludes halogenated alkanes) is 2. The fourth-order valence-corrected chi connectivity index (χ4v) is 1.16. The lowest BCUT2D eigenvalue weighted by atomic mass is 10.2. The molecule has 0 bridgehead atoms. The number of halogens is 2. The monoisotopic (exact) mass is 328 g/mol. The van der Waals surface area contributed by atoms with Crippen molar-refractivity contribution in [1.29, 1.82) is 0 Å². The summed E-state index contributed by atoms with van der Waals surface area (Å²) in [7, 11) is 0. The Morgan fingerprint density at radius 2 is 2.00 bits per heavy atom. The third-order valence-corrected chi connectivity index (χ3v) is 2.35. The van der Waals surface area contributed by atoms with E-state index in [0.29, 0.717) is 2.83 Å². The van der Waals surface area contributed by atoms with Gasteiger partial charge in [0.2, 0.25) is 0 Å². The first-order valence-electron chi connectivity index (χ1n) is 4.01. The van der Waals surface area contributed by atoms with Gasteiger partial charge in [0.25, 0.3) is 0 Å². The van der Waals surface area contributed by atoms with Gasteiger partial charge in [-0.1, -0.05) is 51.9 Å². The van der Waals surface area contributed by atoms with Gasteiger partial charge in [0.05, 0.1) is 2.83 Å². The Labute approximate surface area is 91.8 Å². The minimum absolute atomic E-state index is 0.584. The lowest BCUT2D eigenvalue weighted by Crippen LogP contribution is -1.81. The van der Waals surface area contributed by atoms with E-state index in [-0.39, 0.29) is 0 Å². The molecule has 0 spiro atoms. The summed E-state index contributed by atoms with van der Waals surface area (Å²) in [4.78, 5) is 0. The quantitative estimate of drug-likeness (QED) is 0.315. The summed E-state index contributed by atoms with van der Waals surface area (Å²) >= 11 is 5.84. The largest absolute Gasteiger partial charge is 0.103 e. The van der Waals surface area contributed by atoms with Crippen molar-refractivity contribution in [2.75, 3.05) is 0 Å². The first-order chi connectivity index (χ1) is 5.27. The molecule has 0 aromatic rings. The highest BCUT2D eigenvalue weighted by molar-refractivity contribution is 14.1. The van der Waals surface area contributed by atoms with Gasteiger partial charge >= 0.3 is 0 Å². The average Bonchev–Trinajstić information content (AvgIpc) is 1.96. The van der Waals surface area contributed by atoms with Gasteiger partial charge < -0.3 is 0 Å². The molecule has 0 saturated carbocycles. The van der Waals surface area contributed by atoms with Gasteiger partial charge in [-0.3, -0.25) is 0 Å². The van der Waals surface area contributed by atoms with Crippen molar-refractivity contribution in [3.63, 3.8) is 0 Å². The molecule has 0 nitrogen and oxygen atoms in total. The summed E-state index contributed by atoms with van der Waals surface area (Å²) in [5.74, 6) is 6.33. The van der Waals surface area contributed by atoms with Gasteiger partial charge in [-0.2, -0.15) is 0 Å². The molecule has 11 heavy (non-hydrogen) atoms. The van der Waals surface area contributed by atoms with Crippen LogP contribution in [0.15, 0.2) is 0 Å². The zero-order chi connectivity index (χ0) is 8.53. The van der Waals surface area contributed by atoms with Gasteiger partial charge in [0.15, 0.2) is 0 Å². The molecule has 1 atom stereocenters. The Kier molecular flexibility index (Phi) is 9.48. The molecule has 0 aliphatic carbocycles. The highest BCUT2D eigenvalue weighted by atomic mass is 127. The molecule has 0 amide bonds. The Bertz CT molecular complexity index is 132. The summed E-state index contributed by atoms with van der Waals surface area (Å²) < 4.78 is 0.584. The molecule has 0 aromatic heterocycles. The third kappa shape index (κ3) is 10.8. The van der Waals surface area contributed by atoms with Crippen LogP contribution >= 0.6 is 38.5 Å². The van der Waals surface area contributed by atoms with E-state index in [1.54, 1.807) is 0 Å². The van der Waals surface area contributed by atoms with Crippen LogP contribution in [0, 0.1) is 11.8 Å². The molecule has 0 saturated heterocycles. The van der Waals surface area contributed by atoms with Gasteiger partial charge in [-0.05, 0) is 12.8 Å². The molecule has 0 aliphatic heterocycles. The number of hydrogen-bond donors (Lipinski definition) is 0. The Balaban J connectivity index is 3.12. The maximum absolute atomic E-state index is 3.48. The van der Waals surface area contributed by atoms with Crippen LogP contribution < -0.4 is 0 Å². The van der Waals surface area contributed by atoms with Crippen molar-refractivity contribution in [2.45, 2.75) is 41.9 Å². The predicted octanol–water partition coefficient (Wildman–Crippen LogP) is 4.12. The molecule has 0 aliphatic rings. The molecule has 0 aromatic carbocycles. The maximum atomic E-state index is 3.48. The van der Waals surface area contributed by atoms with E-state index < -0.39 is 0 Å². The molecule has 64 valence electrons. The lowest BCUT2D eigenvalue weighted by molar-refractivity contribution is 0.826. The zero-order valence-corrected chi connectivity index (χ0v) is 10.6. The molecule has 0 heterocycles. The Hall–Kier alpha value is 0.770. The zero-order valence-electron chi connectivity index (χ0n) is 6.87. The van der Waals surface area contributed by atoms with Gasteiger partial charge in [-0.25, -0.2) is 0 Å². The van der Waals surface area contributed by atoms with Crippen LogP contribution in [-0.4, -0.2) is 2.83 Å². The van der Waals surface area contributed by atoms with Crippen LogP contribution in [0.5, 0.6) is 0 Å². The fraction of sp³-hybridized carbons (Fsp3) is 0.778. The van der Waals surface area contributed by atoms with Gasteiger partial charge in [0, 0.05) is 12.8 Å². The molecule has 0 fully saturated rings. The van der Waals surface area contributed by atoms with Crippen molar-refractivity contribution in [3.8, 4) is 11.8 Å². The lowest BCUT2D eigenvalue weighted by Gasteiger charge is -1.92. The van der Waals surface area contributed by atoms with Crippen molar-refractivity contribution < 1.29 is 0 Å². The van der Waals surface area contributed by atoms with E-state index >= 15 is 0 Å². The van der Waals surface area contributed by atoms with Crippen molar-refractivity contribution in [2.24, 2.45) is 0 Å². The number of alkyl halides is 2. The molecule has 0 N–H and O–H groups in total. The minimum Gasteiger partial charge on any atom is -0.103 e. The van der Waals surface area contributed by atoms with Crippen LogP contribution in [0.2, 0.25) is 0 Å². The normalized spacial score (nSPS) is 11.9. The summed E-state index contributed by atoms with van der Waals surface area (Å²) in [6.07, 6.45) is 5.75. The van der Waals surface area contributed by atoms with E-state index in [9.17, 15) is 0 Å². The van der Waals surface area contributed by atoms with E-state index in [2.05, 4.69) is 57.3 Å². The van der Waals surface area contributed by atoms with Crippen molar-refractivity contribution in [3.05, 3.63) is 0 Å². The topological polar surface area (TPSA) is 0 Å². The molecule has 2 heteroatoms. The SMILES string of the molecule is CCCCC#CCCC(Br)I. The standard InChI is InChI=1S/C9H14BrI/c1-2-3-4-5-6-7-8-9(10)11/h9H,2-4,7-8H2,1H3. The van der Waals surface area contributed by atoms with Gasteiger partial charge in [0.1, 0.15) is 0 Å². The van der Waals surface area contributed by atoms with Crippen LogP contribution in [0.1, 0.15) is 39.0 Å². The van der Waals surface area contributed by atoms with Crippen LogP contribution in [0.4, 0.5) is 0 Å². The molecule has 0 radical (unpaired) electrons. The summed E-state index contributed by atoms with van der Waals surface area (Å²) in [6.45, 7) is 2.20. The highest BCUT2D eigenvalue weighted by Gasteiger charge is 1.92. The highest BCUT2D eigenvalue weighted by Crippen LogP contribution is 2.14. The Morgan fingerprint density at radius 3 is 2.55 bits per heavy atom. The summed E-state index contributed by atoms with van der Waals surface area (Å²) in [5, 5.41) is 0. The third-order valence-electron chi connectivity index (χ3n) is 1.27. The molecular weight excluding hydrogens is 315 g/mol. The molecule has 1 unspecified atom stereocenters. The summed E-state index contributed by atoms with van der Waals surface area (Å²) in [6, 6.07) is 0. The molecule has 0 rings (SSSR count). The van der Waals surface area contributed by atoms with E-state index in [1.165, 1.54) is 12.8 Å². The fourth-order valence-electron chi connectivity index (χ4n) is 0.623. The average molecular weight is 329 g/mol. The number of rotatable bonds is 4. The van der Waals surface area contributed by atoms with Crippen molar-refractivity contribution >= 4 is 38.5 Å². The van der Waals surface area contributed by atoms with Crippen LogP contribution in [0.3, 0.4) is 0 Å². The predicted molar refractivity (Wildman–Crippen MR) is 63.3 cm³/mol.